The van der Waals surface area contributed by atoms with Crippen LogP contribution in [-0.4, -0.2) is 28.4 Å². The quantitative estimate of drug-likeness (QED) is 0.773. The Morgan fingerprint density at radius 3 is 2.88 bits per heavy atom. The molecule has 0 saturated heterocycles. The second-order valence-electron chi connectivity index (χ2n) is 7.10. The number of allylic oxidation sites excluding steroid dienone is 1. The van der Waals surface area contributed by atoms with Crippen molar-refractivity contribution in [2.45, 2.75) is 38.3 Å². The van der Waals surface area contributed by atoms with E-state index in [2.05, 4.69) is 9.88 Å². The first-order valence-electron chi connectivity index (χ1n) is 9.16. The summed E-state index contributed by atoms with van der Waals surface area (Å²) in [6, 6.07) is 8.02. The van der Waals surface area contributed by atoms with Crippen LogP contribution < -0.4 is 9.47 Å². The largest absolute Gasteiger partial charge is 0.478 e. The molecule has 1 aliphatic carbocycles. The highest BCUT2D eigenvalue weighted by molar-refractivity contribution is 6.15. The zero-order valence-electron chi connectivity index (χ0n) is 14.5. The van der Waals surface area contributed by atoms with Gasteiger partial charge in [-0.1, -0.05) is 18.9 Å². The summed E-state index contributed by atoms with van der Waals surface area (Å²) in [6.07, 6.45) is 10.2. The molecule has 0 unspecified atom stereocenters. The number of carbonyl (C=O) groups is 1. The van der Waals surface area contributed by atoms with E-state index < -0.39 is 0 Å². The maximum absolute atomic E-state index is 12.8. The third kappa shape index (κ3) is 2.59. The van der Waals surface area contributed by atoms with Crippen molar-refractivity contribution < 1.29 is 14.3 Å². The first kappa shape index (κ1) is 15.6. The average Bonchev–Trinajstić information content (AvgIpc) is 3.32. The number of aromatic nitrogens is 1. The van der Waals surface area contributed by atoms with E-state index in [1.165, 1.54) is 25.7 Å². The highest BCUT2D eigenvalue weighted by Gasteiger charge is 2.35. The molecular weight excluding hydrogens is 328 g/mol. The van der Waals surface area contributed by atoms with Crippen LogP contribution >= 0.6 is 0 Å². The van der Waals surface area contributed by atoms with Crippen LogP contribution in [0.3, 0.4) is 0 Å². The molecule has 5 rings (SSSR count). The topological polar surface area (TPSA) is 51.7 Å². The van der Waals surface area contributed by atoms with Crippen molar-refractivity contribution in [2.24, 2.45) is 0 Å². The van der Waals surface area contributed by atoms with Crippen molar-refractivity contribution in [3.63, 3.8) is 0 Å². The van der Waals surface area contributed by atoms with Crippen molar-refractivity contribution in [1.29, 1.82) is 0 Å². The molecule has 132 valence electrons. The molecule has 26 heavy (non-hydrogen) atoms. The van der Waals surface area contributed by atoms with Gasteiger partial charge in [0.05, 0.1) is 11.1 Å². The Kier molecular flexibility index (Phi) is 3.75. The van der Waals surface area contributed by atoms with Crippen LogP contribution in [0.1, 0.15) is 47.2 Å². The van der Waals surface area contributed by atoms with Crippen LogP contribution in [0.15, 0.2) is 42.4 Å². The number of rotatable bonds is 2. The van der Waals surface area contributed by atoms with Crippen LogP contribution in [0.5, 0.6) is 11.5 Å². The number of fused-ring (bicyclic) bond motifs is 3. The second kappa shape index (κ2) is 6.25. The van der Waals surface area contributed by atoms with Gasteiger partial charge in [0.1, 0.15) is 18.2 Å². The van der Waals surface area contributed by atoms with Gasteiger partial charge in [0, 0.05) is 25.0 Å². The maximum atomic E-state index is 12.8. The molecule has 3 heterocycles. The van der Waals surface area contributed by atoms with E-state index in [0.29, 0.717) is 29.8 Å². The summed E-state index contributed by atoms with van der Waals surface area (Å²) in [5.74, 6) is 1.75. The van der Waals surface area contributed by atoms with Gasteiger partial charge in [0.2, 0.25) is 5.78 Å². The lowest BCUT2D eigenvalue weighted by Gasteiger charge is -2.33. The van der Waals surface area contributed by atoms with Crippen molar-refractivity contribution in [3.8, 4) is 11.5 Å². The van der Waals surface area contributed by atoms with Gasteiger partial charge in [-0.3, -0.25) is 14.7 Å². The smallest absolute Gasteiger partial charge is 0.231 e. The summed E-state index contributed by atoms with van der Waals surface area (Å²) in [6.45, 7) is 1.39. The van der Waals surface area contributed by atoms with Gasteiger partial charge < -0.3 is 9.47 Å². The fourth-order valence-electron chi connectivity index (χ4n) is 4.09. The number of carbonyl (C=O) groups excluding carboxylic acids is 1. The summed E-state index contributed by atoms with van der Waals surface area (Å²) < 4.78 is 12.0. The van der Waals surface area contributed by atoms with Gasteiger partial charge in [0.15, 0.2) is 5.76 Å². The summed E-state index contributed by atoms with van der Waals surface area (Å²) in [5.41, 5.74) is 2.46. The molecule has 0 bridgehead atoms. The molecule has 0 amide bonds. The van der Waals surface area contributed by atoms with Crippen LogP contribution in [-0.2, 0) is 6.54 Å². The number of Topliss-reactive ketones (excluding diaryl/α,β-unsaturated/α-hetero) is 1. The van der Waals surface area contributed by atoms with Crippen molar-refractivity contribution in [1.82, 2.24) is 9.88 Å². The molecule has 1 aromatic heterocycles. The Morgan fingerprint density at radius 1 is 1.19 bits per heavy atom. The van der Waals surface area contributed by atoms with Gasteiger partial charge in [0.25, 0.3) is 0 Å². The summed E-state index contributed by atoms with van der Waals surface area (Å²) in [4.78, 5) is 19.2. The van der Waals surface area contributed by atoms with Gasteiger partial charge in [-0.25, -0.2) is 0 Å². The van der Waals surface area contributed by atoms with Gasteiger partial charge >= 0.3 is 0 Å². The van der Waals surface area contributed by atoms with Crippen molar-refractivity contribution in [3.05, 3.63) is 59.1 Å². The molecule has 1 fully saturated rings. The molecule has 1 saturated carbocycles. The lowest BCUT2D eigenvalue weighted by atomic mass is 10.0. The maximum Gasteiger partial charge on any atom is 0.231 e. The summed E-state index contributed by atoms with van der Waals surface area (Å²) in [5, 5.41) is 0. The Balaban J connectivity index is 1.48. The number of hydrogen-bond donors (Lipinski definition) is 0. The second-order valence-corrected chi connectivity index (χ2v) is 7.10. The Bertz CT molecular complexity index is 886. The highest BCUT2D eigenvalue weighted by Crippen LogP contribution is 2.43. The number of ketones is 1. The third-order valence-electron chi connectivity index (χ3n) is 5.47. The Morgan fingerprint density at radius 2 is 2.08 bits per heavy atom. The number of hydrogen-bond acceptors (Lipinski definition) is 5. The number of ether oxygens (including phenoxy) is 2. The van der Waals surface area contributed by atoms with Crippen LogP contribution in [0, 0.1) is 0 Å². The molecule has 5 nitrogen and oxygen atoms in total. The van der Waals surface area contributed by atoms with E-state index in [0.717, 1.165) is 23.4 Å². The first-order valence-corrected chi connectivity index (χ1v) is 9.16. The predicted octanol–water partition coefficient (Wildman–Crippen LogP) is 3.79. The SMILES string of the molecule is O=C1/C(=C/c2cccnc2)Oc2c1ccc1c2CN(C2CCCC2)CO1. The molecule has 1 aromatic carbocycles. The number of pyridine rings is 1. The molecule has 0 radical (unpaired) electrons. The molecular formula is C21H20N2O3. The first-order chi connectivity index (χ1) is 12.8. The monoisotopic (exact) mass is 348 g/mol. The highest BCUT2D eigenvalue weighted by atomic mass is 16.5. The zero-order chi connectivity index (χ0) is 17.5. The lowest BCUT2D eigenvalue weighted by molar-refractivity contribution is 0.0567. The standard InChI is InChI=1S/C21H20N2O3/c24-20-16-7-8-18-17(12-23(13-25-18)15-5-1-2-6-15)21(16)26-19(20)10-14-4-3-9-22-11-14/h3-4,7-11,15H,1-2,5-6,12-13H2/b19-10-. The number of benzene rings is 1. The summed E-state index contributed by atoms with van der Waals surface area (Å²) >= 11 is 0. The zero-order valence-corrected chi connectivity index (χ0v) is 14.5. The van der Waals surface area contributed by atoms with Crippen LogP contribution in [0.25, 0.3) is 6.08 Å². The molecule has 0 N–H and O–H groups in total. The summed E-state index contributed by atoms with van der Waals surface area (Å²) in [7, 11) is 0. The molecule has 2 aliphatic heterocycles. The van der Waals surface area contributed by atoms with Crippen molar-refractivity contribution in [2.75, 3.05) is 6.73 Å². The van der Waals surface area contributed by atoms with Gasteiger partial charge in [-0.2, -0.15) is 0 Å². The predicted molar refractivity (Wildman–Crippen MR) is 96.9 cm³/mol. The Labute approximate surface area is 152 Å². The van der Waals surface area contributed by atoms with E-state index in [4.69, 9.17) is 9.47 Å². The fraction of sp³-hybridized carbons (Fsp3) is 0.333. The van der Waals surface area contributed by atoms with Crippen LogP contribution in [0.4, 0.5) is 0 Å². The number of nitrogens with zero attached hydrogens (tertiary/aromatic N) is 2. The van der Waals surface area contributed by atoms with E-state index in [1.807, 2.05) is 24.3 Å². The molecule has 5 heteroatoms. The molecule has 3 aliphatic rings. The van der Waals surface area contributed by atoms with E-state index in [9.17, 15) is 4.79 Å². The molecule has 0 atom stereocenters. The van der Waals surface area contributed by atoms with Crippen LogP contribution in [0.2, 0.25) is 0 Å². The average molecular weight is 348 g/mol. The van der Waals surface area contributed by atoms with E-state index in [1.54, 1.807) is 18.5 Å². The third-order valence-corrected chi connectivity index (χ3v) is 5.47. The van der Waals surface area contributed by atoms with E-state index in [-0.39, 0.29) is 5.78 Å². The normalized spacial score (nSPS) is 21.4. The minimum Gasteiger partial charge on any atom is -0.478 e. The lowest BCUT2D eigenvalue weighted by Crippen LogP contribution is -2.39. The Hall–Kier alpha value is -2.66. The fourth-order valence-corrected chi connectivity index (χ4v) is 4.09. The molecule has 0 spiro atoms. The minimum atomic E-state index is -0.0790. The molecule has 2 aromatic rings. The van der Waals surface area contributed by atoms with E-state index >= 15 is 0 Å². The van der Waals surface area contributed by atoms with Crippen molar-refractivity contribution >= 4 is 11.9 Å². The van der Waals surface area contributed by atoms with Gasteiger partial charge in [-0.15, -0.1) is 0 Å². The minimum absolute atomic E-state index is 0.0790. The van der Waals surface area contributed by atoms with Gasteiger partial charge in [-0.05, 0) is 42.7 Å².